The molecule has 3 aromatic rings. The lowest BCUT2D eigenvalue weighted by Crippen LogP contribution is -2.01. The van der Waals surface area contributed by atoms with Crippen molar-refractivity contribution in [3.05, 3.63) is 53.9 Å². The first-order valence-corrected chi connectivity index (χ1v) is 8.26. The molecule has 24 heavy (non-hydrogen) atoms. The van der Waals surface area contributed by atoms with E-state index < -0.39 is 0 Å². The predicted molar refractivity (Wildman–Crippen MR) is 95.2 cm³/mol. The molecule has 0 saturated carbocycles. The number of fused-ring (bicyclic) bond motifs is 1. The van der Waals surface area contributed by atoms with Crippen LogP contribution >= 0.6 is 0 Å². The smallest absolute Gasteiger partial charge is 0.137 e. The van der Waals surface area contributed by atoms with Crippen molar-refractivity contribution in [3.8, 4) is 23.1 Å². The fourth-order valence-corrected chi connectivity index (χ4v) is 2.88. The van der Waals surface area contributed by atoms with Crippen molar-refractivity contribution in [2.75, 3.05) is 6.61 Å². The standard InChI is InChI=1S/C20H21N3O/c1-4-12-24-17-10-8-16(9-11-17)19-20(14(2)13-21)23-15(3)6-5-7-18(23)22-19/h5-11,14H,4,12H2,1-3H3. The van der Waals surface area contributed by atoms with Gasteiger partial charge in [-0.3, -0.25) is 4.40 Å². The van der Waals surface area contributed by atoms with Gasteiger partial charge in [0.15, 0.2) is 0 Å². The number of imidazole rings is 1. The van der Waals surface area contributed by atoms with E-state index in [4.69, 9.17) is 9.72 Å². The first-order valence-electron chi connectivity index (χ1n) is 8.26. The fourth-order valence-electron chi connectivity index (χ4n) is 2.88. The maximum atomic E-state index is 9.46. The average molecular weight is 319 g/mol. The molecule has 0 radical (unpaired) electrons. The van der Waals surface area contributed by atoms with Crippen LogP contribution in [0.4, 0.5) is 0 Å². The molecule has 2 aromatic heterocycles. The Morgan fingerprint density at radius 2 is 1.96 bits per heavy atom. The summed E-state index contributed by atoms with van der Waals surface area (Å²) < 4.78 is 7.72. The summed E-state index contributed by atoms with van der Waals surface area (Å²) in [5.74, 6) is 0.613. The SMILES string of the molecule is CCCOc1ccc(-c2nc3cccc(C)n3c2C(C)C#N)cc1. The molecule has 0 N–H and O–H groups in total. The van der Waals surface area contributed by atoms with Gasteiger partial charge in [0.2, 0.25) is 0 Å². The normalized spacial score (nSPS) is 12.1. The molecular formula is C20H21N3O. The molecule has 0 aliphatic heterocycles. The summed E-state index contributed by atoms with van der Waals surface area (Å²) in [5, 5.41) is 9.46. The molecule has 0 fully saturated rings. The molecule has 4 heteroatoms. The van der Waals surface area contributed by atoms with Crippen molar-refractivity contribution in [3.63, 3.8) is 0 Å². The third-order valence-electron chi connectivity index (χ3n) is 4.08. The average Bonchev–Trinajstić information content (AvgIpc) is 3.00. The van der Waals surface area contributed by atoms with E-state index in [9.17, 15) is 5.26 Å². The van der Waals surface area contributed by atoms with E-state index in [-0.39, 0.29) is 5.92 Å². The minimum absolute atomic E-state index is 0.243. The highest BCUT2D eigenvalue weighted by molar-refractivity contribution is 5.68. The quantitative estimate of drug-likeness (QED) is 0.683. The Morgan fingerprint density at radius 3 is 2.62 bits per heavy atom. The summed E-state index contributed by atoms with van der Waals surface area (Å²) in [4.78, 5) is 4.78. The summed E-state index contributed by atoms with van der Waals surface area (Å²) >= 11 is 0. The summed E-state index contributed by atoms with van der Waals surface area (Å²) in [7, 11) is 0. The second-order valence-corrected chi connectivity index (χ2v) is 5.93. The van der Waals surface area contributed by atoms with Crippen LogP contribution in [-0.2, 0) is 0 Å². The van der Waals surface area contributed by atoms with E-state index in [0.717, 1.165) is 40.5 Å². The highest BCUT2D eigenvalue weighted by atomic mass is 16.5. The Morgan fingerprint density at radius 1 is 1.21 bits per heavy atom. The third kappa shape index (κ3) is 2.85. The van der Waals surface area contributed by atoms with Gasteiger partial charge in [0.05, 0.1) is 30.0 Å². The van der Waals surface area contributed by atoms with Gasteiger partial charge in [0.25, 0.3) is 0 Å². The third-order valence-corrected chi connectivity index (χ3v) is 4.08. The second-order valence-electron chi connectivity index (χ2n) is 5.93. The first-order chi connectivity index (χ1) is 11.7. The number of benzene rings is 1. The van der Waals surface area contributed by atoms with Crippen LogP contribution in [-0.4, -0.2) is 16.0 Å². The molecule has 2 heterocycles. The number of nitriles is 1. The van der Waals surface area contributed by atoms with Crippen LogP contribution in [0.3, 0.4) is 0 Å². The van der Waals surface area contributed by atoms with Gasteiger partial charge in [-0.25, -0.2) is 4.98 Å². The lowest BCUT2D eigenvalue weighted by atomic mass is 10.0. The minimum atomic E-state index is -0.243. The molecule has 0 amide bonds. The van der Waals surface area contributed by atoms with Crippen molar-refractivity contribution < 1.29 is 4.74 Å². The number of aromatic nitrogens is 2. The molecule has 122 valence electrons. The molecular weight excluding hydrogens is 298 g/mol. The fraction of sp³-hybridized carbons (Fsp3) is 0.300. The number of pyridine rings is 1. The van der Waals surface area contributed by atoms with E-state index in [0.29, 0.717) is 6.61 Å². The zero-order chi connectivity index (χ0) is 17.1. The molecule has 0 aliphatic rings. The number of nitrogens with zero attached hydrogens (tertiary/aromatic N) is 3. The highest BCUT2D eigenvalue weighted by Crippen LogP contribution is 2.31. The van der Waals surface area contributed by atoms with E-state index in [1.165, 1.54) is 0 Å². The minimum Gasteiger partial charge on any atom is -0.494 e. The molecule has 4 nitrogen and oxygen atoms in total. The maximum Gasteiger partial charge on any atom is 0.137 e. The van der Waals surface area contributed by atoms with Crippen molar-refractivity contribution in [2.45, 2.75) is 33.1 Å². The zero-order valence-corrected chi connectivity index (χ0v) is 14.3. The van der Waals surface area contributed by atoms with E-state index in [1.807, 2.05) is 56.3 Å². The molecule has 0 bridgehead atoms. The Balaban J connectivity index is 2.12. The van der Waals surface area contributed by atoms with Gasteiger partial charge in [-0.05, 0) is 56.7 Å². The maximum absolute atomic E-state index is 9.46. The number of hydrogen-bond donors (Lipinski definition) is 0. The second kappa shape index (κ2) is 6.76. The van der Waals surface area contributed by atoms with Gasteiger partial charge in [0, 0.05) is 11.3 Å². The van der Waals surface area contributed by atoms with Crippen molar-refractivity contribution >= 4 is 5.65 Å². The number of ether oxygens (including phenoxy) is 1. The van der Waals surface area contributed by atoms with Crippen LogP contribution in [0, 0.1) is 18.3 Å². The molecule has 1 unspecified atom stereocenters. The van der Waals surface area contributed by atoms with Gasteiger partial charge in [-0.1, -0.05) is 13.0 Å². The lowest BCUT2D eigenvalue weighted by molar-refractivity contribution is 0.317. The summed E-state index contributed by atoms with van der Waals surface area (Å²) in [5.41, 5.74) is 4.74. The zero-order valence-electron chi connectivity index (χ0n) is 14.3. The van der Waals surface area contributed by atoms with Crippen LogP contribution < -0.4 is 4.74 Å². The van der Waals surface area contributed by atoms with E-state index in [1.54, 1.807) is 0 Å². The molecule has 1 atom stereocenters. The molecule has 1 aromatic carbocycles. The summed E-state index contributed by atoms with van der Waals surface area (Å²) in [6.45, 7) is 6.75. The van der Waals surface area contributed by atoms with Crippen molar-refractivity contribution in [1.29, 1.82) is 5.26 Å². The summed E-state index contributed by atoms with van der Waals surface area (Å²) in [6.07, 6.45) is 0.983. The number of aryl methyl sites for hydroxylation is 1. The Labute approximate surface area is 142 Å². The monoisotopic (exact) mass is 319 g/mol. The van der Waals surface area contributed by atoms with Gasteiger partial charge in [0.1, 0.15) is 11.4 Å². The number of hydrogen-bond acceptors (Lipinski definition) is 3. The molecule has 0 aliphatic carbocycles. The highest BCUT2D eigenvalue weighted by Gasteiger charge is 2.20. The predicted octanol–water partition coefficient (Wildman–Crippen LogP) is 4.73. The lowest BCUT2D eigenvalue weighted by Gasteiger charge is -2.10. The van der Waals surface area contributed by atoms with Gasteiger partial charge < -0.3 is 4.74 Å². The van der Waals surface area contributed by atoms with Crippen LogP contribution in [0.2, 0.25) is 0 Å². The molecule has 0 spiro atoms. The van der Waals surface area contributed by atoms with Crippen LogP contribution in [0.5, 0.6) is 5.75 Å². The van der Waals surface area contributed by atoms with E-state index in [2.05, 4.69) is 17.4 Å². The van der Waals surface area contributed by atoms with Gasteiger partial charge >= 0.3 is 0 Å². The topological polar surface area (TPSA) is 50.3 Å². The number of rotatable bonds is 5. The van der Waals surface area contributed by atoms with Crippen LogP contribution in [0.15, 0.2) is 42.5 Å². The van der Waals surface area contributed by atoms with Gasteiger partial charge in [-0.2, -0.15) is 5.26 Å². The van der Waals surface area contributed by atoms with Crippen molar-refractivity contribution in [2.24, 2.45) is 0 Å². The first kappa shape index (κ1) is 16.1. The largest absolute Gasteiger partial charge is 0.494 e. The van der Waals surface area contributed by atoms with Crippen LogP contribution in [0.25, 0.3) is 16.9 Å². The van der Waals surface area contributed by atoms with E-state index >= 15 is 0 Å². The van der Waals surface area contributed by atoms with Gasteiger partial charge in [-0.15, -0.1) is 0 Å². The molecule has 0 saturated heterocycles. The Bertz CT molecular complexity index is 888. The van der Waals surface area contributed by atoms with Crippen molar-refractivity contribution in [1.82, 2.24) is 9.38 Å². The molecule has 3 rings (SSSR count). The Kier molecular flexibility index (Phi) is 4.52. The summed E-state index contributed by atoms with van der Waals surface area (Å²) in [6, 6.07) is 16.3. The Hall–Kier alpha value is -2.80. The van der Waals surface area contributed by atoms with Crippen LogP contribution in [0.1, 0.15) is 37.6 Å².